The number of nitrogens with one attached hydrogen (secondary N) is 1. The predicted octanol–water partition coefficient (Wildman–Crippen LogP) is 3.56. The van der Waals surface area contributed by atoms with Crippen LogP contribution in [0.1, 0.15) is 12.5 Å². The van der Waals surface area contributed by atoms with Crippen molar-refractivity contribution in [1.82, 2.24) is 0 Å². The molecule has 2 rings (SSSR count). The highest BCUT2D eigenvalue weighted by molar-refractivity contribution is 6.10. The van der Waals surface area contributed by atoms with Crippen molar-refractivity contribution in [3.05, 3.63) is 57.6 Å². The van der Waals surface area contributed by atoms with E-state index in [9.17, 15) is 20.2 Å². The maximum Gasteiger partial charge on any atom is 0.273 e. The molecular formula is C20H19N3O6. The Hall–Kier alpha value is -4.06. The summed E-state index contributed by atoms with van der Waals surface area (Å²) < 4.78 is 15.8. The van der Waals surface area contributed by atoms with Crippen LogP contribution in [0.3, 0.4) is 0 Å². The van der Waals surface area contributed by atoms with Crippen LogP contribution < -0.4 is 19.5 Å². The fourth-order valence-corrected chi connectivity index (χ4v) is 2.45. The molecular weight excluding hydrogens is 378 g/mol. The van der Waals surface area contributed by atoms with Crippen LogP contribution >= 0.6 is 0 Å². The number of rotatable bonds is 8. The molecule has 0 heterocycles. The summed E-state index contributed by atoms with van der Waals surface area (Å²) >= 11 is 0. The van der Waals surface area contributed by atoms with Gasteiger partial charge in [-0.05, 0) is 36.8 Å². The molecule has 0 saturated carbocycles. The number of ether oxygens (including phenoxy) is 3. The number of non-ortho nitro benzene ring substituents is 1. The summed E-state index contributed by atoms with van der Waals surface area (Å²) in [6, 6.07) is 10.6. The molecule has 2 aromatic carbocycles. The molecule has 0 aromatic heterocycles. The van der Waals surface area contributed by atoms with E-state index in [0.29, 0.717) is 23.7 Å². The molecule has 1 N–H and O–H groups in total. The number of nitro benzene ring substituents is 1. The van der Waals surface area contributed by atoms with Crippen LogP contribution in [0.25, 0.3) is 6.08 Å². The molecule has 0 aliphatic carbocycles. The first-order chi connectivity index (χ1) is 13.9. The molecule has 0 unspecified atom stereocenters. The lowest BCUT2D eigenvalue weighted by atomic mass is 10.1. The van der Waals surface area contributed by atoms with Crippen LogP contribution in [-0.4, -0.2) is 31.7 Å². The summed E-state index contributed by atoms with van der Waals surface area (Å²) in [6.45, 7) is 2.31. The van der Waals surface area contributed by atoms with Crippen molar-refractivity contribution in [2.75, 3.05) is 26.1 Å². The summed E-state index contributed by atoms with van der Waals surface area (Å²) in [6.07, 6.45) is 1.39. The number of hydrogen-bond donors (Lipinski definition) is 1. The van der Waals surface area contributed by atoms with Crippen LogP contribution in [-0.2, 0) is 4.79 Å². The Bertz CT molecular complexity index is 994. The number of benzene rings is 2. The van der Waals surface area contributed by atoms with Gasteiger partial charge in [0, 0.05) is 6.07 Å². The molecule has 150 valence electrons. The van der Waals surface area contributed by atoms with Crippen LogP contribution in [0, 0.1) is 21.4 Å². The number of methoxy groups -OCH3 is 2. The molecule has 1 amide bonds. The molecule has 0 spiro atoms. The highest BCUT2D eigenvalue weighted by Crippen LogP contribution is 2.30. The number of amides is 1. The Morgan fingerprint density at radius 1 is 1.17 bits per heavy atom. The van der Waals surface area contributed by atoms with Crippen LogP contribution in [0.15, 0.2) is 42.0 Å². The van der Waals surface area contributed by atoms with Gasteiger partial charge in [0.25, 0.3) is 11.6 Å². The zero-order valence-electron chi connectivity index (χ0n) is 16.1. The van der Waals surface area contributed by atoms with E-state index in [-0.39, 0.29) is 22.7 Å². The summed E-state index contributed by atoms with van der Waals surface area (Å²) in [7, 11) is 2.81. The summed E-state index contributed by atoms with van der Waals surface area (Å²) in [5.74, 6) is 0.432. The highest BCUT2D eigenvalue weighted by Gasteiger charge is 2.16. The van der Waals surface area contributed by atoms with Crippen molar-refractivity contribution in [3.8, 4) is 23.3 Å². The topological polar surface area (TPSA) is 124 Å². The SMILES string of the molecule is CCOc1ccc(/C=C(\C#N)C(=O)Nc2ccc([N+](=O)[O-])cc2OC)cc1OC. The number of hydrogen-bond acceptors (Lipinski definition) is 7. The average molecular weight is 397 g/mol. The van der Waals surface area contributed by atoms with E-state index in [1.165, 1.54) is 38.5 Å². The van der Waals surface area contributed by atoms with E-state index in [2.05, 4.69) is 5.32 Å². The number of carbonyl (C=O) groups is 1. The van der Waals surface area contributed by atoms with Gasteiger partial charge in [-0.1, -0.05) is 6.07 Å². The third-order valence-electron chi connectivity index (χ3n) is 3.81. The quantitative estimate of drug-likeness (QED) is 0.312. The third-order valence-corrected chi connectivity index (χ3v) is 3.81. The van der Waals surface area contributed by atoms with Gasteiger partial charge < -0.3 is 19.5 Å². The lowest BCUT2D eigenvalue weighted by Gasteiger charge is -2.11. The fourth-order valence-electron chi connectivity index (χ4n) is 2.45. The molecule has 0 aliphatic rings. The van der Waals surface area contributed by atoms with Crippen LogP contribution in [0.2, 0.25) is 0 Å². The van der Waals surface area contributed by atoms with E-state index >= 15 is 0 Å². The van der Waals surface area contributed by atoms with Gasteiger partial charge in [0.15, 0.2) is 11.5 Å². The number of nitriles is 1. The van der Waals surface area contributed by atoms with Crippen molar-refractivity contribution in [2.45, 2.75) is 6.92 Å². The monoisotopic (exact) mass is 397 g/mol. The molecule has 9 heteroatoms. The van der Waals surface area contributed by atoms with Crippen molar-refractivity contribution in [3.63, 3.8) is 0 Å². The third kappa shape index (κ3) is 5.23. The van der Waals surface area contributed by atoms with Crippen LogP contribution in [0.4, 0.5) is 11.4 Å². The smallest absolute Gasteiger partial charge is 0.273 e. The van der Waals surface area contributed by atoms with Gasteiger partial charge in [0.1, 0.15) is 17.4 Å². The average Bonchev–Trinajstić information content (AvgIpc) is 2.72. The van der Waals surface area contributed by atoms with E-state index in [4.69, 9.17) is 14.2 Å². The normalized spacial score (nSPS) is 10.6. The zero-order chi connectivity index (χ0) is 21.4. The Labute approximate surface area is 167 Å². The second-order valence-electron chi connectivity index (χ2n) is 5.61. The molecule has 0 saturated heterocycles. The fraction of sp³-hybridized carbons (Fsp3) is 0.200. The van der Waals surface area contributed by atoms with Gasteiger partial charge >= 0.3 is 0 Å². The lowest BCUT2D eigenvalue weighted by molar-refractivity contribution is -0.384. The molecule has 0 fully saturated rings. The maximum atomic E-state index is 12.5. The molecule has 2 aromatic rings. The number of nitrogens with zero attached hydrogens (tertiary/aromatic N) is 2. The van der Waals surface area contributed by atoms with Gasteiger partial charge in [0.05, 0.1) is 37.5 Å². The Balaban J connectivity index is 2.29. The van der Waals surface area contributed by atoms with Crippen molar-refractivity contribution < 1.29 is 23.9 Å². The first-order valence-electron chi connectivity index (χ1n) is 8.49. The summed E-state index contributed by atoms with van der Waals surface area (Å²) in [5.41, 5.74) is 0.412. The second-order valence-corrected chi connectivity index (χ2v) is 5.61. The Morgan fingerprint density at radius 3 is 2.48 bits per heavy atom. The van der Waals surface area contributed by atoms with Gasteiger partial charge in [0.2, 0.25) is 0 Å². The van der Waals surface area contributed by atoms with E-state index in [1.54, 1.807) is 18.2 Å². The highest BCUT2D eigenvalue weighted by atomic mass is 16.6. The number of carbonyl (C=O) groups excluding carboxylic acids is 1. The van der Waals surface area contributed by atoms with E-state index in [0.717, 1.165) is 0 Å². The summed E-state index contributed by atoms with van der Waals surface area (Å²) in [5, 5.41) is 22.8. The standard InChI is InChI=1S/C20H19N3O6/c1-4-29-17-8-5-13(10-19(17)28-3)9-14(12-21)20(24)22-16-7-6-15(23(25)26)11-18(16)27-2/h5-11H,4H2,1-3H3,(H,22,24)/b14-9+. The second kappa shape index (κ2) is 9.75. The number of nitro groups is 1. The van der Waals surface area contributed by atoms with Gasteiger partial charge in [-0.25, -0.2) is 0 Å². The molecule has 0 bridgehead atoms. The summed E-state index contributed by atoms with van der Waals surface area (Å²) in [4.78, 5) is 22.8. The molecule has 29 heavy (non-hydrogen) atoms. The first kappa shape index (κ1) is 21.2. The predicted molar refractivity (Wildman–Crippen MR) is 106 cm³/mol. The minimum atomic E-state index is -0.687. The van der Waals surface area contributed by atoms with Crippen LogP contribution in [0.5, 0.6) is 17.2 Å². The maximum absolute atomic E-state index is 12.5. The molecule has 0 radical (unpaired) electrons. The largest absolute Gasteiger partial charge is 0.494 e. The lowest BCUT2D eigenvalue weighted by Crippen LogP contribution is -2.14. The first-order valence-corrected chi connectivity index (χ1v) is 8.49. The Kier molecular flexibility index (Phi) is 7.14. The number of anilines is 1. The van der Waals surface area contributed by atoms with Gasteiger partial charge in [-0.15, -0.1) is 0 Å². The Morgan fingerprint density at radius 2 is 1.90 bits per heavy atom. The van der Waals surface area contributed by atoms with Crippen molar-refractivity contribution in [1.29, 1.82) is 5.26 Å². The van der Waals surface area contributed by atoms with Gasteiger partial charge in [-0.3, -0.25) is 14.9 Å². The van der Waals surface area contributed by atoms with Gasteiger partial charge in [-0.2, -0.15) is 5.26 Å². The van der Waals surface area contributed by atoms with Crippen molar-refractivity contribution >= 4 is 23.4 Å². The minimum absolute atomic E-state index is 0.104. The molecule has 0 atom stereocenters. The zero-order valence-corrected chi connectivity index (χ0v) is 16.1. The van der Waals surface area contributed by atoms with Crippen molar-refractivity contribution in [2.24, 2.45) is 0 Å². The minimum Gasteiger partial charge on any atom is -0.494 e. The molecule has 9 nitrogen and oxygen atoms in total. The van der Waals surface area contributed by atoms with E-state index in [1.807, 2.05) is 13.0 Å². The molecule has 0 aliphatic heterocycles. The van der Waals surface area contributed by atoms with E-state index < -0.39 is 10.8 Å².